The first-order valence-electron chi connectivity index (χ1n) is 10.5. The molecule has 160 valence electrons. The Hall–Kier alpha value is -0.510. The van der Waals surface area contributed by atoms with Gasteiger partial charge in [0.2, 0.25) is 0 Å². The van der Waals surface area contributed by atoms with E-state index >= 15 is 0 Å². The Labute approximate surface area is 193 Å². The molecule has 1 aliphatic rings. The van der Waals surface area contributed by atoms with E-state index in [0.29, 0.717) is 0 Å². The van der Waals surface area contributed by atoms with Crippen LogP contribution < -0.4 is 10.6 Å². The van der Waals surface area contributed by atoms with Crippen molar-refractivity contribution in [1.29, 1.82) is 0 Å². The summed E-state index contributed by atoms with van der Waals surface area (Å²) in [5, 5.41) is 6.79. The lowest BCUT2D eigenvalue weighted by molar-refractivity contribution is 0.136. The zero-order valence-electron chi connectivity index (χ0n) is 17.5. The Bertz CT molecular complexity index is 521. The van der Waals surface area contributed by atoms with E-state index in [1.807, 2.05) is 11.8 Å². The zero-order chi connectivity index (χ0) is 19.2. The molecule has 0 saturated carbocycles. The van der Waals surface area contributed by atoms with Crippen LogP contribution in [0.15, 0.2) is 40.2 Å². The summed E-state index contributed by atoms with van der Waals surface area (Å²) in [7, 11) is 0. The quantitative estimate of drug-likeness (QED) is 0.154. The Morgan fingerprint density at radius 3 is 2.39 bits per heavy atom. The maximum Gasteiger partial charge on any atom is 0.191 e. The first-order chi connectivity index (χ1) is 13.3. The predicted molar refractivity (Wildman–Crippen MR) is 134 cm³/mol. The fraction of sp³-hybridized carbons (Fsp3) is 0.667. The van der Waals surface area contributed by atoms with Crippen LogP contribution >= 0.6 is 35.7 Å². The summed E-state index contributed by atoms with van der Waals surface area (Å²) in [6.45, 7) is 14.4. The van der Waals surface area contributed by atoms with Gasteiger partial charge in [0.25, 0.3) is 0 Å². The molecule has 0 aliphatic carbocycles. The fourth-order valence-electron chi connectivity index (χ4n) is 3.16. The van der Waals surface area contributed by atoms with Crippen LogP contribution in [0.4, 0.5) is 0 Å². The second-order valence-corrected chi connectivity index (χ2v) is 8.00. The number of unbranched alkanes of at least 4 members (excludes halogenated alkanes) is 1. The topological polar surface area (TPSA) is 42.9 Å². The molecule has 0 spiro atoms. The molecule has 0 unspecified atom stereocenters. The van der Waals surface area contributed by atoms with E-state index in [0.717, 1.165) is 37.8 Å². The average Bonchev–Trinajstić information content (AvgIpc) is 2.72. The Kier molecular flexibility index (Phi) is 14.9. The molecule has 0 bridgehead atoms. The van der Waals surface area contributed by atoms with Crippen LogP contribution in [0.5, 0.6) is 0 Å². The van der Waals surface area contributed by atoms with Crippen molar-refractivity contribution in [2.24, 2.45) is 4.99 Å². The van der Waals surface area contributed by atoms with Crippen molar-refractivity contribution >= 4 is 41.7 Å². The Balaban J connectivity index is 0.00000392. The second kappa shape index (κ2) is 16.3. The Morgan fingerprint density at radius 1 is 1.00 bits per heavy atom. The molecule has 1 aromatic carbocycles. The maximum absolute atomic E-state index is 4.72. The van der Waals surface area contributed by atoms with Gasteiger partial charge in [-0.15, -0.1) is 35.7 Å². The highest BCUT2D eigenvalue weighted by Gasteiger charge is 2.14. The molecule has 0 aromatic heterocycles. The molecule has 7 heteroatoms. The molecular formula is C21H38IN5S. The molecule has 1 aliphatic heterocycles. The largest absolute Gasteiger partial charge is 0.357 e. The van der Waals surface area contributed by atoms with Gasteiger partial charge in [-0.2, -0.15) is 0 Å². The molecule has 2 N–H and O–H groups in total. The van der Waals surface area contributed by atoms with Gasteiger partial charge in [0.05, 0.1) is 0 Å². The highest BCUT2D eigenvalue weighted by molar-refractivity contribution is 14.0. The second-order valence-electron chi connectivity index (χ2n) is 6.83. The molecule has 1 heterocycles. The SMILES string of the molecule is CCNC(=NCCCCN1CCN(CC)CC1)NCCSc1ccccc1.I. The number of nitrogens with one attached hydrogen (secondary N) is 2. The first kappa shape index (κ1) is 25.5. The number of thioether (sulfide) groups is 1. The molecule has 28 heavy (non-hydrogen) atoms. The van der Waals surface area contributed by atoms with E-state index in [4.69, 9.17) is 4.99 Å². The smallest absolute Gasteiger partial charge is 0.191 e. The summed E-state index contributed by atoms with van der Waals surface area (Å²) in [4.78, 5) is 11.2. The van der Waals surface area contributed by atoms with Gasteiger partial charge in [0.1, 0.15) is 0 Å². The van der Waals surface area contributed by atoms with Crippen molar-refractivity contribution in [3.63, 3.8) is 0 Å². The van der Waals surface area contributed by atoms with Gasteiger partial charge in [0.15, 0.2) is 5.96 Å². The van der Waals surface area contributed by atoms with E-state index < -0.39 is 0 Å². The van der Waals surface area contributed by atoms with Crippen LogP contribution in [0.1, 0.15) is 26.7 Å². The van der Waals surface area contributed by atoms with E-state index in [2.05, 4.69) is 64.6 Å². The van der Waals surface area contributed by atoms with Gasteiger partial charge in [-0.25, -0.2) is 0 Å². The third kappa shape index (κ3) is 10.9. The van der Waals surface area contributed by atoms with Crippen LogP contribution in [0.25, 0.3) is 0 Å². The van der Waals surface area contributed by atoms with Crippen molar-refractivity contribution < 1.29 is 0 Å². The molecule has 2 rings (SSSR count). The lowest BCUT2D eigenvalue weighted by atomic mass is 10.2. The van der Waals surface area contributed by atoms with Crippen LogP contribution in [0.2, 0.25) is 0 Å². The van der Waals surface area contributed by atoms with Crippen molar-refractivity contribution in [1.82, 2.24) is 20.4 Å². The number of rotatable bonds is 11. The minimum absolute atomic E-state index is 0. The van der Waals surface area contributed by atoms with Crippen molar-refractivity contribution in [3.8, 4) is 0 Å². The van der Waals surface area contributed by atoms with Gasteiger partial charge in [0, 0.05) is 56.5 Å². The number of benzene rings is 1. The number of guanidine groups is 1. The summed E-state index contributed by atoms with van der Waals surface area (Å²) < 4.78 is 0. The van der Waals surface area contributed by atoms with Crippen molar-refractivity contribution in [3.05, 3.63) is 30.3 Å². The van der Waals surface area contributed by atoms with E-state index in [1.54, 1.807) is 0 Å². The lowest BCUT2D eigenvalue weighted by Gasteiger charge is -2.33. The molecule has 1 fully saturated rings. The van der Waals surface area contributed by atoms with Gasteiger partial charge < -0.3 is 20.4 Å². The van der Waals surface area contributed by atoms with Crippen LogP contribution in [-0.4, -0.2) is 80.4 Å². The Morgan fingerprint density at radius 2 is 1.71 bits per heavy atom. The normalized spacial score (nSPS) is 15.9. The van der Waals surface area contributed by atoms with Crippen molar-refractivity contribution in [2.75, 3.05) is 64.7 Å². The minimum Gasteiger partial charge on any atom is -0.357 e. The number of likely N-dealkylation sites (N-methyl/N-ethyl adjacent to an activating group) is 1. The van der Waals surface area contributed by atoms with Crippen LogP contribution in [0.3, 0.4) is 0 Å². The molecule has 0 radical (unpaired) electrons. The highest BCUT2D eigenvalue weighted by atomic mass is 127. The summed E-state index contributed by atoms with van der Waals surface area (Å²) in [6.07, 6.45) is 2.39. The molecular weight excluding hydrogens is 481 g/mol. The van der Waals surface area contributed by atoms with Gasteiger partial charge in [-0.3, -0.25) is 4.99 Å². The number of hydrogen-bond donors (Lipinski definition) is 2. The summed E-state index contributed by atoms with van der Waals surface area (Å²) in [5.74, 6) is 1.99. The van der Waals surface area contributed by atoms with E-state index in [1.165, 1.54) is 50.6 Å². The molecule has 0 atom stereocenters. The zero-order valence-corrected chi connectivity index (χ0v) is 20.7. The first-order valence-corrected chi connectivity index (χ1v) is 11.4. The lowest BCUT2D eigenvalue weighted by Crippen LogP contribution is -2.46. The standard InChI is InChI=1S/C21H37N5S.HI/c1-3-22-21(24-13-19-27-20-10-6-5-7-11-20)23-12-8-9-14-26-17-15-25(4-2)16-18-26;/h5-7,10-11H,3-4,8-9,12-19H2,1-2H3,(H2,22,23,24);1H. The monoisotopic (exact) mass is 519 g/mol. The minimum atomic E-state index is 0. The maximum atomic E-state index is 4.72. The third-order valence-corrected chi connectivity index (χ3v) is 5.83. The molecule has 0 amide bonds. The summed E-state index contributed by atoms with van der Waals surface area (Å²) >= 11 is 1.88. The fourth-order valence-corrected chi connectivity index (χ4v) is 3.95. The van der Waals surface area contributed by atoms with E-state index in [9.17, 15) is 0 Å². The number of piperazine rings is 1. The summed E-state index contributed by atoms with van der Waals surface area (Å²) in [5.41, 5.74) is 0. The van der Waals surface area contributed by atoms with Crippen molar-refractivity contribution in [2.45, 2.75) is 31.6 Å². The molecule has 1 saturated heterocycles. The van der Waals surface area contributed by atoms with Crippen LogP contribution in [-0.2, 0) is 0 Å². The van der Waals surface area contributed by atoms with Gasteiger partial charge >= 0.3 is 0 Å². The predicted octanol–water partition coefficient (Wildman–Crippen LogP) is 3.37. The highest BCUT2D eigenvalue weighted by Crippen LogP contribution is 2.15. The number of nitrogens with zero attached hydrogens (tertiary/aromatic N) is 3. The summed E-state index contributed by atoms with van der Waals surface area (Å²) in [6, 6.07) is 10.6. The average molecular weight is 520 g/mol. The molecule has 5 nitrogen and oxygen atoms in total. The number of halogens is 1. The molecule has 1 aromatic rings. The third-order valence-electron chi connectivity index (χ3n) is 4.82. The number of aliphatic imine (C=N–C) groups is 1. The van der Waals surface area contributed by atoms with Gasteiger partial charge in [-0.1, -0.05) is 25.1 Å². The van der Waals surface area contributed by atoms with Gasteiger partial charge in [-0.05, 0) is 45.0 Å². The van der Waals surface area contributed by atoms with E-state index in [-0.39, 0.29) is 24.0 Å². The number of hydrogen-bond acceptors (Lipinski definition) is 4. The van der Waals surface area contributed by atoms with Crippen LogP contribution in [0, 0.1) is 0 Å².